The first kappa shape index (κ1) is 15.9. The van der Waals surface area contributed by atoms with Crippen molar-refractivity contribution in [1.29, 1.82) is 0 Å². The van der Waals surface area contributed by atoms with Gasteiger partial charge in [0.2, 0.25) is 5.78 Å². The fourth-order valence-corrected chi connectivity index (χ4v) is 2.50. The van der Waals surface area contributed by atoms with Crippen LogP contribution in [0.5, 0.6) is 11.5 Å². The summed E-state index contributed by atoms with van der Waals surface area (Å²) < 4.78 is 11.6. The molecule has 3 nitrogen and oxygen atoms in total. The molecule has 0 saturated heterocycles. The van der Waals surface area contributed by atoms with E-state index < -0.39 is 0 Å². The van der Waals surface area contributed by atoms with Gasteiger partial charge in [-0.1, -0.05) is 27.5 Å². The molecule has 0 aliphatic heterocycles. The molecule has 0 aliphatic carbocycles. The predicted octanol–water partition coefficient (Wildman–Crippen LogP) is 4.74. The molecule has 0 aliphatic rings. The number of ketones is 1. The van der Waals surface area contributed by atoms with E-state index in [9.17, 15) is 4.79 Å². The van der Waals surface area contributed by atoms with Crippen LogP contribution in [0.15, 0.2) is 40.9 Å². The van der Waals surface area contributed by atoms with E-state index in [1.807, 2.05) is 13.0 Å². The van der Waals surface area contributed by atoms with Crippen molar-refractivity contribution in [2.45, 2.75) is 6.92 Å². The molecular weight excluding hydrogens is 356 g/mol. The molecule has 0 atom stereocenters. The monoisotopic (exact) mass is 368 g/mol. The molecule has 110 valence electrons. The van der Waals surface area contributed by atoms with Crippen LogP contribution in [0.1, 0.15) is 22.8 Å². The van der Waals surface area contributed by atoms with Gasteiger partial charge in [-0.05, 0) is 43.3 Å². The summed E-state index contributed by atoms with van der Waals surface area (Å²) >= 11 is 9.36. The Bertz CT molecular complexity index is 671. The van der Waals surface area contributed by atoms with Gasteiger partial charge in [0.05, 0.1) is 24.8 Å². The van der Waals surface area contributed by atoms with Crippen molar-refractivity contribution >= 4 is 33.3 Å². The number of carbonyl (C=O) groups excluding carboxylic acids is 1. The average molecular weight is 370 g/mol. The maximum atomic E-state index is 12.8. The molecule has 0 saturated carbocycles. The van der Waals surface area contributed by atoms with Gasteiger partial charge in [-0.15, -0.1) is 0 Å². The van der Waals surface area contributed by atoms with E-state index in [0.717, 1.165) is 4.47 Å². The molecule has 0 amide bonds. The summed E-state index contributed by atoms with van der Waals surface area (Å²) in [6.07, 6.45) is 0. The first-order valence-electron chi connectivity index (χ1n) is 6.37. The first-order chi connectivity index (χ1) is 10.1. The smallest absolute Gasteiger partial charge is 0.200 e. The molecular formula is C16H14BrClO3. The highest BCUT2D eigenvalue weighted by atomic mass is 79.9. The average Bonchev–Trinajstić information content (AvgIpc) is 2.48. The normalized spacial score (nSPS) is 10.3. The third-order valence-corrected chi connectivity index (χ3v) is 3.62. The summed E-state index contributed by atoms with van der Waals surface area (Å²) in [6, 6.07) is 10.3. The summed E-state index contributed by atoms with van der Waals surface area (Å²) in [5.41, 5.74) is 0.871. The fraction of sp³-hybridized carbons (Fsp3) is 0.188. The molecule has 2 aromatic carbocycles. The number of methoxy groups -OCH3 is 1. The van der Waals surface area contributed by atoms with Crippen molar-refractivity contribution < 1.29 is 14.3 Å². The number of ether oxygens (including phenoxy) is 2. The van der Waals surface area contributed by atoms with Crippen LogP contribution in [0, 0.1) is 0 Å². The van der Waals surface area contributed by atoms with Gasteiger partial charge in [-0.2, -0.15) is 0 Å². The number of hydrogen-bond acceptors (Lipinski definition) is 3. The van der Waals surface area contributed by atoms with Crippen molar-refractivity contribution in [3.8, 4) is 11.5 Å². The van der Waals surface area contributed by atoms with Crippen LogP contribution in [0.4, 0.5) is 0 Å². The van der Waals surface area contributed by atoms with Gasteiger partial charge in [0.25, 0.3) is 0 Å². The van der Waals surface area contributed by atoms with Crippen LogP contribution in [0.25, 0.3) is 0 Å². The van der Waals surface area contributed by atoms with Crippen molar-refractivity contribution in [3.05, 3.63) is 57.0 Å². The lowest BCUT2D eigenvalue weighted by Crippen LogP contribution is -2.07. The van der Waals surface area contributed by atoms with Crippen LogP contribution in [0.3, 0.4) is 0 Å². The highest BCUT2D eigenvalue weighted by molar-refractivity contribution is 9.10. The van der Waals surface area contributed by atoms with Gasteiger partial charge < -0.3 is 9.47 Å². The molecule has 0 fully saturated rings. The molecule has 2 aromatic rings. The van der Waals surface area contributed by atoms with Crippen molar-refractivity contribution in [2.75, 3.05) is 13.7 Å². The second kappa shape index (κ2) is 6.96. The summed E-state index contributed by atoms with van der Waals surface area (Å²) in [5, 5.41) is 0.479. The van der Waals surface area contributed by atoms with Crippen LogP contribution in [-0.2, 0) is 0 Å². The Morgan fingerprint density at radius 1 is 1.14 bits per heavy atom. The van der Waals surface area contributed by atoms with E-state index in [2.05, 4.69) is 15.9 Å². The summed E-state index contributed by atoms with van der Waals surface area (Å²) in [4.78, 5) is 12.8. The highest BCUT2D eigenvalue weighted by Crippen LogP contribution is 2.30. The standard InChI is InChI=1S/C16H14BrClO3/c1-3-21-15-6-4-10(17)8-12(15)16(19)13-9-11(18)5-7-14(13)20-2/h4-9H,3H2,1-2H3. The minimum atomic E-state index is -0.195. The van der Waals surface area contributed by atoms with E-state index >= 15 is 0 Å². The van der Waals surface area contributed by atoms with Crippen molar-refractivity contribution in [1.82, 2.24) is 0 Å². The Labute approximate surface area is 137 Å². The van der Waals surface area contributed by atoms with Crippen molar-refractivity contribution in [3.63, 3.8) is 0 Å². The lowest BCUT2D eigenvalue weighted by Gasteiger charge is -2.12. The molecule has 0 unspecified atom stereocenters. The maximum Gasteiger partial charge on any atom is 0.200 e. The van der Waals surface area contributed by atoms with E-state index in [-0.39, 0.29) is 5.78 Å². The zero-order valence-corrected chi connectivity index (χ0v) is 14.0. The zero-order chi connectivity index (χ0) is 15.4. The quantitative estimate of drug-likeness (QED) is 0.714. The lowest BCUT2D eigenvalue weighted by molar-refractivity contribution is 0.103. The van der Waals surface area contributed by atoms with E-state index in [0.29, 0.717) is 34.3 Å². The second-order valence-electron chi connectivity index (χ2n) is 4.25. The number of benzene rings is 2. The topological polar surface area (TPSA) is 35.5 Å². The Morgan fingerprint density at radius 2 is 1.81 bits per heavy atom. The molecule has 5 heteroatoms. The largest absolute Gasteiger partial charge is 0.496 e. The predicted molar refractivity (Wildman–Crippen MR) is 86.7 cm³/mol. The number of hydrogen-bond donors (Lipinski definition) is 0. The Hall–Kier alpha value is -1.52. The van der Waals surface area contributed by atoms with Gasteiger partial charge in [-0.25, -0.2) is 0 Å². The second-order valence-corrected chi connectivity index (χ2v) is 5.60. The van der Waals surface area contributed by atoms with Crippen LogP contribution in [-0.4, -0.2) is 19.5 Å². The molecule has 0 radical (unpaired) electrons. The van der Waals surface area contributed by atoms with Crippen LogP contribution in [0.2, 0.25) is 5.02 Å². The van der Waals surface area contributed by atoms with Crippen LogP contribution >= 0.6 is 27.5 Å². The third kappa shape index (κ3) is 3.57. The number of rotatable bonds is 5. The van der Waals surface area contributed by atoms with Crippen LogP contribution < -0.4 is 9.47 Å². The van der Waals surface area contributed by atoms with E-state index in [1.165, 1.54) is 7.11 Å². The SMILES string of the molecule is CCOc1ccc(Br)cc1C(=O)c1cc(Cl)ccc1OC. The van der Waals surface area contributed by atoms with E-state index in [4.69, 9.17) is 21.1 Å². The molecule has 0 N–H and O–H groups in total. The molecule has 0 spiro atoms. The molecule has 0 heterocycles. The van der Waals surface area contributed by atoms with Gasteiger partial charge in [0.15, 0.2) is 0 Å². The minimum absolute atomic E-state index is 0.195. The lowest BCUT2D eigenvalue weighted by atomic mass is 10.0. The maximum absolute atomic E-state index is 12.8. The Balaban J connectivity index is 2.54. The van der Waals surface area contributed by atoms with Gasteiger partial charge >= 0.3 is 0 Å². The van der Waals surface area contributed by atoms with Crippen molar-refractivity contribution in [2.24, 2.45) is 0 Å². The molecule has 0 aromatic heterocycles. The van der Waals surface area contributed by atoms with Gasteiger partial charge in [0, 0.05) is 9.50 Å². The highest BCUT2D eigenvalue weighted by Gasteiger charge is 2.19. The Morgan fingerprint density at radius 3 is 2.48 bits per heavy atom. The molecule has 2 rings (SSSR count). The number of carbonyl (C=O) groups is 1. The third-order valence-electron chi connectivity index (χ3n) is 2.89. The fourth-order valence-electron chi connectivity index (χ4n) is 1.96. The number of halogens is 2. The van der Waals surface area contributed by atoms with E-state index in [1.54, 1.807) is 30.3 Å². The van der Waals surface area contributed by atoms with Gasteiger partial charge in [0.1, 0.15) is 11.5 Å². The van der Waals surface area contributed by atoms with Gasteiger partial charge in [-0.3, -0.25) is 4.79 Å². The summed E-state index contributed by atoms with van der Waals surface area (Å²) in [7, 11) is 1.52. The first-order valence-corrected chi connectivity index (χ1v) is 7.54. The Kier molecular flexibility index (Phi) is 5.26. The summed E-state index contributed by atoms with van der Waals surface area (Å²) in [5.74, 6) is 0.818. The molecule has 0 bridgehead atoms. The minimum Gasteiger partial charge on any atom is -0.496 e. The summed E-state index contributed by atoms with van der Waals surface area (Å²) in [6.45, 7) is 2.35. The zero-order valence-electron chi connectivity index (χ0n) is 11.7. The molecule has 21 heavy (non-hydrogen) atoms.